The van der Waals surface area contributed by atoms with Crippen LogP contribution in [-0.2, 0) is 16.4 Å². The Kier molecular flexibility index (Phi) is 4.57. The molecule has 4 rings (SSSR count). The summed E-state index contributed by atoms with van der Waals surface area (Å²) in [5.41, 5.74) is 4.84. The smallest absolute Gasteiger partial charge is 0.164 e. The third-order valence-electron chi connectivity index (χ3n) is 4.94. The summed E-state index contributed by atoms with van der Waals surface area (Å²) in [6.45, 7) is 4.96. The molecule has 6 heteroatoms. The van der Waals surface area contributed by atoms with Crippen LogP contribution in [0.1, 0.15) is 16.7 Å². The van der Waals surface area contributed by atoms with E-state index in [4.69, 9.17) is 4.99 Å². The first-order valence-corrected chi connectivity index (χ1v) is 11.4. The molecule has 0 aromatic heterocycles. The maximum atomic E-state index is 11.9. The van der Waals surface area contributed by atoms with Crippen LogP contribution < -0.4 is 4.90 Å². The molecule has 0 N–H and O–H groups in total. The average molecular weight is 387 g/mol. The lowest BCUT2D eigenvalue weighted by Gasteiger charge is -2.25. The molecule has 2 atom stereocenters. The van der Waals surface area contributed by atoms with E-state index < -0.39 is 9.84 Å². The van der Waals surface area contributed by atoms with Crippen molar-refractivity contribution in [2.45, 2.75) is 31.7 Å². The molecule has 1 saturated heterocycles. The highest BCUT2D eigenvalue weighted by Crippen LogP contribution is 2.37. The number of sulfone groups is 1. The molecule has 0 bridgehead atoms. The number of amidine groups is 1. The van der Waals surface area contributed by atoms with Crippen molar-refractivity contribution >= 4 is 32.5 Å². The van der Waals surface area contributed by atoms with Crippen LogP contribution in [0, 0.1) is 13.8 Å². The molecule has 2 aromatic rings. The molecule has 4 nitrogen and oxygen atoms in total. The number of fused-ring (bicyclic) bond motifs is 1. The minimum atomic E-state index is -2.94. The first-order chi connectivity index (χ1) is 12.4. The lowest BCUT2D eigenvalue weighted by Crippen LogP contribution is -2.28. The number of rotatable bonds is 3. The fourth-order valence-electron chi connectivity index (χ4n) is 3.49. The third kappa shape index (κ3) is 3.53. The number of aryl methyl sites for hydroxylation is 2. The second-order valence-corrected chi connectivity index (χ2v) is 10.4. The zero-order valence-electron chi connectivity index (χ0n) is 14.9. The summed E-state index contributed by atoms with van der Waals surface area (Å²) in [6, 6.07) is 16.6. The first kappa shape index (κ1) is 17.6. The quantitative estimate of drug-likeness (QED) is 0.809. The van der Waals surface area contributed by atoms with Gasteiger partial charge in [0.1, 0.15) is 0 Å². The van der Waals surface area contributed by atoms with E-state index in [1.165, 1.54) is 16.7 Å². The van der Waals surface area contributed by atoms with Gasteiger partial charge < -0.3 is 4.90 Å². The zero-order valence-corrected chi connectivity index (χ0v) is 16.6. The summed E-state index contributed by atoms with van der Waals surface area (Å²) in [6.07, 6.45) is 0. The standard InChI is InChI=1S/C20H22N2O2S2/c1-14-8-9-15(2)16(10-14)11-22(17-6-4-3-5-7-17)20-21-18-12-26(23,24)13-19(18)25-20/h3-10,18-19H,11-13H2,1-2H3/t18-,19-/m1/s1. The fourth-order valence-corrected chi connectivity index (χ4v) is 7.27. The van der Waals surface area contributed by atoms with Crippen LogP contribution in [0.5, 0.6) is 0 Å². The fraction of sp³-hybridized carbons (Fsp3) is 0.350. The van der Waals surface area contributed by atoms with Gasteiger partial charge in [-0.25, -0.2) is 8.42 Å². The van der Waals surface area contributed by atoms with Gasteiger partial charge in [-0.05, 0) is 37.1 Å². The third-order valence-corrected chi connectivity index (χ3v) is 8.18. The van der Waals surface area contributed by atoms with Gasteiger partial charge >= 0.3 is 0 Å². The average Bonchev–Trinajstić information content (AvgIpc) is 3.09. The van der Waals surface area contributed by atoms with Crippen LogP contribution in [0.25, 0.3) is 0 Å². The van der Waals surface area contributed by atoms with Gasteiger partial charge in [-0.2, -0.15) is 0 Å². The van der Waals surface area contributed by atoms with Crippen molar-refractivity contribution in [2.24, 2.45) is 4.99 Å². The molecule has 2 aromatic carbocycles. The van der Waals surface area contributed by atoms with Crippen molar-refractivity contribution in [2.75, 3.05) is 16.4 Å². The lowest BCUT2D eigenvalue weighted by molar-refractivity contribution is 0.601. The molecule has 0 aliphatic carbocycles. The Morgan fingerprint density at radius 2 is 1.88 bits per heavy atom. The molecule has 0 saturated carbocycles. The molecule has 136 valence electrons. The van der Waals surface area contributed by atoms with E-state index in [-0.39, 0.29) is 22.8 Å². The van der Waals surface area contributed by atoms with Crippen molar-refractivity contribution in [3.05, 3.63) is 65.2 Å². The van der Waals surface area contributed by atoms with Gasteiger partial charge in [-0.15, -0.1) is 0 Å². The minimum absolute atomic E-state index is 0.0554. The van der Waals surface area contributed by atoms with E-state index in [0.717, 1.165) is 17.4 Å². The van der Waals surface area contributed by atoms with E-state index in [9.17, 15) is 8.42 Å². The molecule has 2 aliphatic heterocycles. The maximum absolute atomic E-state index is 11.9. The maximum Gasteiger partial charge on any atom is 0.164 e. The summed E-state index contributed by atoms with van der Waals surface area (Å²) < 4.78 is 23.7. The molecular weight excluding hydrogens is 364 g/mol. The number of hydrogen-bond acceptors (Lipinski definition) is 5. The molecular formula is C20H22N2O2S2. The Hall–Kier alpha value is -1.79. The molecule has 26 heavy (non-hydrogen) atoms. The molecule has 1 fully saturated rings. The number of aliphatic imine (C=N–C) groups is 1. The van der Waals surface area contributed by atoms with Crippen LogP contribution >= 0.6 is 11.8 Å². The Morgan fingerprint density at radius 1 is 1.12 bits per heavy atom. The van der Waals surface area contributed by atoms with E-state index in [1.54, 1.807) is 11.8 Å². The minimum Gasteiger partial charge on any atom is -0.317 e. The van der Waals surface area contributed by atoms with Crippen LogP contribution in [0.15, 0.2) is 53.5 Å². The van der Waals surface area contributed by atoms with Gasteiger partial charge in [0.15, 0.2) is 15.0 Å². The van der Waals surface area contributed by atoms with Crippen LogP contribution in [0.3, 0.4) is 0 Å². The number of nitrogens with zero attached hydrogens (tertiary/aromatic N) is 2. The van der Waals surface area contributed by atoms with E-state index in [0.29, 0.717) is 0 Å². The second-order valence-electron chi connectivity index (χ2n) is 7.06. The number of anilines is 1. The van der Waals surface area contributed by atoms with Crippen molar-refractivity contribution in [1.29, 1.82) is 0 Å². The number of hydrogen-bond donors (Lipinski definition) is 0. The van der Waals surface area contributed by atoms with Gasteiger partial charge in [-0.1, -0.05) is 53.7 Å². The van der Waals surface area contributed by atoms with E-state index >= 15 is 0 Å². The van der Waals surface area contributed by atoms with E-state index in [1.807, 2.05) is 18.2 Å². The first-order valence-electron chi connectivity index (χ1n) is 8.75. The monoisotopic (exact) mass is 386 g/mol. The largest absolute Gasteiger partial charge is 0.317 e. The Morgan fingerprint density at radius 3 is 2.62 bits per heavy atom. The predicted molar refractivity (Wildman–Crippen MR) is 110 cm³/mol. The summed E-state index contributed by atoms with van der Waals surface area (Å²) in [5.74, 6) is 0.418. The summed E-state index contributed by atoms with van der Waals surface area (Å²) in [5, 5.41) is 0.988. The van der Waals surface area contributed by atoms with Gasteiger partial charge in [0.25, 0.3) is 0 Å². The molecule has 2 heterocycles. The molecule has 2 aliphatic rings. The van der Waals surface area contributed by atoms with Crippen molar-refractivity contribution < 1.29 is 8.42 Å². The molecule has 0 unspecified atom stereocenters. The lowest BCUT2D eigenvalue weighted by atomic mass is 10.1. The van der Waals surface area contributed by atoms with Crippen molar-refractivity contribution in [3.63, 3.8) is 0 Å². The number of benzene rings is 2. The predicted octanol–water partition coefficient (Wildman–Crippen LogP) is 3.58. The summed E-state index contributed by atoms with van der Waals surface area (Å²) >= 11 is 1.61. The van der Waals surface area contributed by atoms with Crippen molar-refractivity contribution in [1.82, 2.24) is 0 Å². The Labute approximate surface area is 159 Å². The molecule has 0 spiro atoms. The van der Waals surface area contributed by atoms with Crippen LogP contribution in [-0.4, -0.2) is 36.4 Å². The van der Waals surface area contributed by atoms with Crippen LogP contribution in [0.2, 0.25) is 0 Å². The zero-order chi connectivity index (χ0) is 18.3. The van der Waals surface area contributed by atoms with E-state index in [2.05, 4.69) is 49.1 Å². The summed E-state index contributed by atoms with van der Waals surface area (Å²) in [7, 11) is -2.94. The summed E-state index contributed by atoms with van der Waals surface area (Å²) in [4.78, 5) is 7.02. The topological polar surface area (TPSA) is 49.7 Å². The highest BCUT2D eigenvalue weighted by molar-refractivity contribution is 8.15. The van der Waals surface area contributed by atoms with Gasteiger partial charge in [0.2, 0.25) is 0 Å². The van der Waals surface area contributed by atoms with Gasteiger partial charge in [0.05, 0.1) is 24.1 Å². The highest BCUT2D eigenvalue weighted by Gasteiger charge is 2.44. The second kappa shape index (κ2) is 6.74. The Balaban J connectivity index is 1.68. The van der Waals surface area contributed by atoms with Crippen molar-refractivity contribution in [3.8, 4) is 0 Å². The number of thioether (sulfide) groups is 1. The normalized spacial score (nSPS) is 23.5. The Bertz CT molecular complexity index is 955. The molecule has 0 amide bonds. The molecule has 0 radical (unpaired) electrons. The van der Waals surface area contributed by atoms with Crippen LogP contribution in [0.4, 0.5) is 5.69 Å². The highest BCUT2D eigenvalue weighted by atomic mass is 32.2. The SMILES string of the molecule is Cc1ccc(C)c(CN(C2=N[C@@H]3CS(=O)(=O)C[C@H]3S2)c2ccccc2)c1. The van der Waals surface area contributed by atoms with Gasteiger partial charge in [0, 0.05) is 10.9 Å². The number of para-hydroxylation sites is 1. The van der Waals surface area contributed by atoms with Gasteiger partial charge in [-0.3, -0.25) is 4.99 Å².